The molecule has 0 fully saturated rings. The quantitative estimate of drug-likeness (QED) is 0.0129. The second kappa shape index (κ2) is 40.1. The molecule has 0 saturated carbocycles. The summed E-state index contributed by atoms with van der Waals surface area (Å²) < 4.78 is 41.2. The zero-order valence-corrected chi connectivity index (χ0v) is 55.8. The Hall–Kier alpha value is -9.12. The maximum absolute atomic E-state index is 13.4. The van der Waals surface area contributed by atoms with Gasteiger partial charge in [0, 0.05) is 13.1 Å². The Balaban J connectivity index is 0.000000400. The number of amides is 5. The first kappa shape index (κ1) is 77.3. The van der Waals surface area contributed by atoms with Gasteiger partial charge in [-0.05, 0) is 131 Å². The normalized spacial score (nSPS) is 12.5. The van der Waals surface area contributed by atoms with Crippen LogP contribution in [0.1, 0.15) is 146 Å². The van der Waals surface area contributed by atoms with Crippen molar-refractivity contribution in [1.82, 2.24) is 67.0 Å². The molecule has 6 rings (SSSR count). The van der Waals surface area contributed by atoms with Crippen molar-refractivity contribution < 1.29 is 66.7 Å². The molecule has 512 valence electrons. The third kappa shape index (κ3) is 28.8. The summed E-state index contributed by atoms with van der Waals surface area (Å²) in [6.07, 6.45) is 0.410. The Morgan fingerprint density at radius 1 is 0.500 bits per heavy atom. The van der Waals surface area contributed by atoms with Crippen LogP contribution in [0.5, 0.6) is 0 Å². The van der Waals surface area contributed by atoms with Crippen LogP contribution in [0.25, 0.3) is 0 Å². The number of ether oxygens (including phenoxy) is 7. The molecule has 4 atom stereocenters. The van der Waals surface area contributed by atoms with Crippen LogP contribution in [0.2, 0.25) is 0 Å². The predicted molar refractivity (Wildman–Crippen MR) is 347 cm³/mol. The minimum Gasteiger partial charge on any atom is -0.465 e. The zero-order valence-electron chi connectivity index (χ0n) is 54.9. The minimum atomic E-state index is -1.36. The number of nitrogens with one attached hydrogen (secondary N) is 5. The van der Waals surface area contributed by atoms with Crippen LogP contribution in [-0.4, -0.2) is 152 Å². The number of nitrogens with zero attached hydrogens (tertiary/aromatic N) is 8. The summed E-state index contributed by atoms with van der Waals surface area (Å²) in [4.78, 5) is 87.4. The highest BCUT2D eigenvalue weighted by molar-refractivity contribution is 5.89. The van der Waals surface area contributed by atoms with E-state index >= 15 is 0 Å². The lowest BCUT2D eigenvalue weighted by Crippen LogP contribution is -2.56. The van der Waals surface area contributed by atoms with Gasteiger partial charge < -0.3 is 65.5 Å². The fourth-order valence-corrected chi connectivity index (χ4v) is 8.38. The SMILES string of the molecule is CC(C(=O)OCCCCNC(=O)OCCn1nnnc1[C@@H](COCc1ccccc1)NC(=O)C(C)(C)N)c1ccccc1.CC(C(=O)OCCCCNC(=O)OCCn1nnnc1[C@@H](COCc1ccccc1)NC(=O)C(C)(C)NC(=O)OC(C)(C)C)c1ccccc1.Cl. The summed E-state index contributed by atoms with van der Waals surface area (Å²) in [7, 11) is 0. The van der Waals surface area contributed by atoms with Gasteiger partial charge in [0.25, 0.3) is 0 Å². The molecule has 2 aromatic heterocycles. The van der Waals surface area contributed by atoms with Gasteiger partial charge in [-0.3, -0.25) is 19.2 Å². The number of carbonyl (C=O) groups is 7. The van der Waals surface area contributed by atoms with Gasteiger partial charge in [-0.25, -0.2) is 23.7 Å². The van der Waals surface area contributed by atoms with E-state index in [9.17, 15) is 33.6 Å². The summed E-state index contributed by atoms with van der Waals surface area (Å²) in [6, 6.07) is 36.5. The molecule has 2 unspecified atom stereocenters. The van der Waals surface area contributed by atoms with Crippen molar-refractivity contribution in [2.45, 2.75) is 155 Å². The molecule has 29 heteroatoms. The van der Waals surface area contributed by atoms with E-state index in [0.717, 1.165) is 22.3 Å². The second-order valence-corrected chi connectivity index (χ2v) is 23.7. The highest BCUT2D eigenvalue weighted by Crippen LogP contribution is 2.20. The molecule has 0 aliphatic carbocycles. The van der Waals surface area contributed by atoms with Gasteiger partial charge in [0.2, 0.25) is 11.8 Å². The van der Waals surface area contributed by atoms with E-state index in [0.29, 0.717) is 51.2 Å². The molecule has 0 radical (unpaired) electrons. The van der Waals surface area contributed by atoms with Crippen molar-refractivity contribution in [2.75, 3.05) is 52.7 Å². The predicted octanol–water partition coefficient (Wildman–Crippen LogP) is 7.26. The lowest BCUT2D eigenvalue weighted by atomic mass is 10.0. The largest absolute Gasteiger partial charge is 0.465 e. The molecule has 0 bridgehead atoms. The monoisotopic (exact) mass is 1330 g/mol. The zero-order chi connectivity index (χ0) is 67.7. The Labute approximate surface area is 554 Å². The average Bonchev–Trinajstić information content (AvgIpc) is 1.63. The van der Waals surface area contributed by atoms with Crippen molar-refractivity contribution in [3.63, 3.8) is 0 Å². The minimum absolute atomic E-state index is 0. The number of tetrazole rings is 2. The number of halogens is 1. The van der Waals surface area contributed by atoms with Crippen molar-refractivity contribution in [2.24, 2.45) is 5.73 Å². The molecule has 4 aromatic carbocycles. The van der Waals surface area contributed by atoms with E-state index in [-0.39, 0.29) is 101 Å². The van der Waals surface area contributed by atoms with Gasteiger partial charge >= 0.3 is 30.2 Å². The molecule has 0 saturated heterocycles. The lowest BCUT2D eigenvalue weighted by Gasteiger charge is -2.29. The van der Waals surface area contributed by atoms with E-state index < -0.39 is 58.9 Å². The maximum Gasteiger partial charge on any atom is 0.408 e. The van der Waals surface area contributed by atoms with Gasteiger partial charge in [0.05, 0.1) is 70.1 Å². The van der Waals surface area contributed by atoms with Crippen LogP contribution in [0.15, 0.2) is 121 Å². The molecule has 5 amide bonds. The summed E-state index contributed by atoms with van der Waals surface area (Å²) in [5.74, 6) is -1.59. The van der Waals surface area contributed by atoms with E-state index in [1.54, 1.807) is 55.4 Å². The second-order valence-electron chi connectivity index (χ2n) is 23.7. The first-order chi connectivity index (χ1) is 44.4. The van der Waals surface area contributed by atoms with Crippen molar-refractivity contribution in [1.29, 1.82) is 0 Å². The fraction of sp³-hybridized carbons (Fsp3) is 0.492. The topological polar surface area (TPSA) is 357 Å². The highest BCUT2D eigenvalue weighted by Gasteiger charge is 2.35. The summed E-state index contributed by atoms with van der Waals surface area (Å²) in [5, 5.41) is 37.3. The Kier molecular flexibility index (Phi) is 33.0. The van der Waals surface area contributed by atoms with Crippen LogP contribution in [0, 0.1) is 0 Å². The number of alkyl carbamates (subject to hydrolysis) is 3. The van der Waals surface area contributed by atoms with Crippen LogP contribution in [0.3, 0.4) is 0 Å². The number of hydrogen-bond donors (Lipinski definition) is 6. The Morgan fingerprint density at radius 3 is 1.27 bits per heavy atom. The molecule has 28 nitrogen and oxygen atoms in total. The van der Waals surface area contributed by atoms with Gasteiger partial charge in [-0.2, -0.15) is 0 Å². The standard InChI is InChI=1S/C35H49N7O8.C30H41N7O6.ClH/c1-25(27-17-11-8-12-18-27)30(43)48-21-14-13-19-36-32(45)49-22-20-42-29(39-40-41-42)28(24-47-23-26-15-9-7-10-16-26)37-31(44)35(5,6)38-33(46)50-34(2,3)4;1-22(24-14-8-5-9-15-24)27(38)42-18-11-10-16-32-29(40)43-19-17-37-26(34-35-36-37)25(33-28(39)30(2,3)31)21-41-20-23-12-6-4-7-13-23;/h7-12,15-18,25,28H,13-14,19-24H2,1-6H3,(H,36,45)(H,37,44)(H,38,46);4-9,12-15,22,25H,10-11,16-21,31H2,1-3H3,(H,32,40)(H,33,39);1H/t25?,28-;22?,25-;/m11./s1. The molecule has 7 N–H and O–H groups in total. The first-order valence-corrected chi connectivity index (χ1v) is 30.8. The van der Waals surface area contributed by atoms with Crippen LogP contribution >= 0.6 is 12.4 Å². The smallest absolute Gasteiger partial charge is 0.408 e. The number of hydrogen-bond acceptors (Lipinski definition) is 21. The number of carbonyl (C=O) groups excluding carboxylic acids is 7. The fourth-order valence-electron chi connectivity index (χ4n) is 8.38. The Morgan fingerprint density at radius 2 is 0.883 bits per heavy atom. The van der Waals surface area contributed by atoms with Crippen molar-refractivity contribution in [3.8, 4) is 0 Å². The molecule has 6 aromatic rings. The third-order valence-corrected chi connectivity index (χ3v) is 13.7. The number of benzene rings is 4. The van der Waals surface area contributed by atoms with Gasteiger partial charge in [-0.15, -0.1) is 22.6 Å². The van der Waals surface area contributed by atoms with Gasteiger partial charge in [0.1, 0.15) is 36.4 Å². The maximum atomic E-state index is 13.4. The van der Waals surface area contributed by atoms with E-state index in [1.807, 2.05) is 128 Å². The van der Waals surface area contributed by atoms with E-state index in [2.05, 4.69) is 57.6 Å². The first-order valence-electron chi connectivity index (χ1n) is 30.8. The number of nitrogens with two attached hydrogens (primary N) is 1. The van der Waals surface area contributed by atoms with Crippen LogP contribution < -0.4 is 32.3 Å². The lowest BCUT2D eigenvalue weighted by molar-refractivity contribution is -0.146. The molecule has 2 heterocycles. The number of aromatic nitrogens is 8. The summed E-state index contributed by atoms with van der Waals surface area (Å²) in [6.45, 7) is 17.2. The average molecular weight is 1330 g/mol. The number of rotatable bonds is 35. The van der Waals surface area contributed by atoms with Crippen LogP contribution in [0.4, 0.5) is 14.4 Å². The molecule has 0 aliphatic heterocycles. The summed E-state index contributed by atoms with van der Waals surface area (Å²) in [5.41, 5.74) is 6.44. The molecular weight excluding hydrogens is 1240 g/mol. The number of esters is 2. The Bertz CT molecular complexity index is 3220. The van der Waals surface area contributed by atoms with Crippen LogP contribution in [-0.2, 0) is 78.6 Å². The third-order valence-electron chi connectivity index (χ3n) is 13.7. The van der Waals surface area contributed by atoms with Gasteiger partial charge in [0.15, 0.2) is 11.6 Å². The van der Waals surface area contributed by atoms with E-state index in [1.165, 1.54) is 9.36 Å². The molecule has 0 aliphatic rings. The molecular formula is C65H91ClN14O14. The molecule has 0 spiro atoms. The van der Waals surface area contributed by atoms with E-state index in [4.69, 9.17) is 38.9 Å². The summed E-state index contributed by atoms with van der Waals surface area (Å²) >= 11 is 0. The van der Waals surface area contributed by atoms with Crippen molar-refractivity contribution in [3.05, 3.63) is 155 Å². The van der Waals surface area contributed by atoms with Crippen molar-refractivity contribution >= 4 is 54.4 Å². The highest BCUT2D eigenvalue weighted by atomic mass is 35.5. The number of unbranched alkanes of at least 4 members (excludes halogenated alkanes) is 2. The molecule has 94 heavy (non-hydrogen) atoms. The van der Waals surface area contributed by atoms with Gasteiger partial charge in [-0.1, -0.05) is 121 Å².